The maximum Gasteiger partial charge on any atom is 0.228 e. The van der Waals surface area contributed by atoms with Gasteiger partial charge in [0.25, 0.3) is 0 Å². The Morgan fingerprint density at radius 2 is 2.44 bits per heavy atom. The van der Waals surface area contributed by atoms with Crippen molar-refractivity contribution in [3.8, 4) is 0 Å². The fraction of sp³-hybridized carbons (Fsp3) is 0.455. The van der Waals surface area contributed by atoms with Crippen LogP contribution in [0.1, 0.15) is 12.0 Å². The molecule has 3 N–H and O–H groups in total. The van der Waals surface area contributed by atoms with E-state index in [1.54, 1.807) is 6.20 Å². The van der Waals surface area contributed by atoms with Crippen molar-refractivity contribution in [3.63, 3.8) is 0 Å². The lowest BCUT2D eigenvalue weighted by atomic mass is 10.2. The predicted molar refractivity (Wildman–Crippen MR) is 62.1 cm³/mol. The van der Waals surface area contributed by atoms with Crippen LogP contribution in [0.3, 0.4) is 0 Å². The van der Waals surface area contributed by atoms with E-state index in [0.29, 0.717) is 12.4 Å². The zero-order valence-electron chi connectivity index (χ0n) is 9.56. The van der Waals surface area contributed by atoms with E-state index >= 15 is 0 Å². The molecule has 1 amide bonds. The topological polar surface area (TPSA) is 77.2 Å². The van der Waals surface area contributed by atoms with Gasteiger partial charge in [0.2, 0.25) is 5.91 Å². The molecule has 0 bridgehead atoms. The minimum Gasteiger partial charge on any atom is -0.380 e. The number of carbonyl (C=O) groups excluding carboxylic acids is 1. The molecule has 1 atom stereocenters. The Kier molecular flexibility index (Phi) is 4.88. The highest BCUT2D eigenvalue weighted by atomic mass is 16.5. The molecule has 5 nitrogen and oxygen atoms in total. The third-order valence-electron chi connectivity index (χ3n) is 2.28. The van der Waals surface area contributed by atoms with Gasteiger partial charge >= 0.3 is 0 Å². The maximum atomic E-state index is 11.6. The summed E-state index contributed by atoms with van der Waals surface area (Å²) in [6, 6.07) is 3.71. The minimum absolute atomic E-state index is 0.140. The van der Waals surface area contributed by atoms with Crippen molar-refractivity contribution in [2.75, 3.05) is 19.0 Å². The number of ether oxygens (including phenoxy) is 1. The number of nitrogens with zero attached hydrogens (tertiary/aromatic N) is 1. The Balaban J connectivity index is 2.55. The number of aryl methyl sites for hydroxylation is 1. The van der Waals surface area contributed by atoms with Gasteiger partial charge < -0.3 is 15.8 Å². The average Bonchev–Trinajstić information content (AvgIpc) is 2.29. The molecule has 16 heavy (non-hydrogen) atoms. The minimum atomic E-state index is -0.246. The van der Waals surface area contributed by atoms with Gasteiger partial charge in [0.1, 0.15) is 5.82 Å². The highest BCUT2D eigenvalue weighted by Crippen LogP contribution is 2.10. The second-order valence-electron chi connectivity index (χ2n) is 3.51. The zero-order chi connectivity index (χ0) is 12.0. The molecule has 0 aliphatic heterocycles. The fourth-order valence-corrected chi connectivity index (χ4v) is 1.27. The molecular weight excluding hydrogens is 206 g/mol. The number of pyridine rings is 1. The number of rotatable bonds is 5. The van der Waals surface area contributed by atoms with Crippen LogP contribution in [-0.2, 0) is 9.53 Å². The number of aromatic nitrogens is 1. The monoisotopic (exact) mass is 223 g/mol. The van der Waals surface area contributed by atoms with Crippen LogP contribution in [0.2, 0.25) is 0 Å². The number of hydrogen-bond donors (Lipinski definition) is 2. The molecule has 5 heteroatoms. The first-order chi connectivity index (χ1) is 7.67. The number of amides is 1. The van der Waals surface area contributed by atoms with Gasteiger partial charge in [0, 0.05) is 19.9 Å². The van der Waals surface area contributed by atoms with E-state index in [1.165, 1.54) is 7.11 Å². The van der Waals surface area contributed by atoms with Gasteiger partial charge in [-0.15, -0.1) is 0 Å². The summed E-state index contributed by atoms with van der Waals surface area (Å²) in [5.74, 6) is 0.443. The van der Waals surface area contributed by atoms with E-state index in [-0.39, 0.29) is 18.4 Å². The summed E-state index contributed by atoms with van der Waals surface area (Å²) in [6.07, 6.45) is 1.63. The van der Waals surface area contributed by atoms with Gasteiger partial charge in [-0.25, -0.2) is 4.98 Å². The van der Waals surface area contributed by atoms with E-state index < -0.39 is 0 Å². The Morgan fingerprint density at radius 1 is 1.69 bits per heavy atom. The highest BCUT2D eigenvalue weighted by molar-refractivity contribution is 5.90. The van der Waals surface area contributed by atoms with E-state index in [2.05, 4.69) is 10.3 Å². The summed E-state index contributed by atoms with van der Waals surface area (Å²) in [7, 11) is 1.54. The number of hydrogen-bond acceptors (Lipinski definition) is 4. The average molecular weight is 223 g/mol. The van der Waals surface area contributed by atoms with Crippen LogP contribution < -0.4 is 11.1 Å². The van der Waals surface area contributed by atoms with Crippen LogP contribution in [0.15, 0.2) is 18.3 Å². The van der Waals surface area contributed by atoms with Crippen molar-refractivity contribution < 1.29 is 9.53 Å². The summed E-state index contributed by atoms with van der Waals surface area (Å²) < 4.78 is 5.03. The molecule has 0 aromatic carbocycles. The van der Waals surface area contributed by atoms with Gasteiger partial charge in [0.05, 0.1) is 12.5 Å². The van der Waals surface area contributed by atoms with Crippen molar-refractivity contribution in [2.45, 2.75) is 19.4 Å². The van der Waals surface area contributed by atoms with Gasteiger partial charge in [0.15, 0.2) is 0 Å². The molecule has 0 saturated heterocycles. The van der Waals surface area contributed by atoms with Gasteiger partial charge in [-0.2, -0.15) is 0 Å². The Bertz CT molecular complexity index is 351. The molecule has 0 radical (unpaired) electrons. The maximum absolute atomic E-state index is 11.6. The van der Waals surface area contributed by atoms with Crippen molar-refractivity contribution in [3.05, 3.63) is 23.9 Å². The van der Waals surface area contributed by atoms with E-state index in [0.717, 1.165) is 5.56 Å². The molecule has 0 saturated carbocycles. The lowest BCUT2D eigenvalue weighted by Gasteiger charge is -2.12. The lowest BCUT2D eigenvalue weighted by Crippen LogP contribution is -2.28. The summed E-state index contributed by atoms with van der Waals surface area (Å²) >= 11 is 0. The molecular formula is C11H17N3O2. The lowest BCUT2D eigenvalue weighted by molar-refractivity contribution is -0.118. The Hall–Kier alpha value is -1.46. The normalized spacial score (nSPS) is 12.2. The second-order valence-corrected chi connectivity index (χ2v) is 3.51. The van der Waals surface area contributed by atoms with Crippen LogP contribution in [-0.4, -0.2) is 30.6 Å². The van der Waals surface area contributed by atoms with Crippen LogP contribution in [0.4, 0.5) is 5.82 Å². The number of nitrogens with one attached hydrogen (secondary N) is 1. The van der Waals surface area contributed by atoms with Crippen LogP contribution in [0.5, 0.6) is 0 Å². The van der Waals surface area contributed by atoms with E-state index in [4.69, 9.17) is 10.5 Å². The quantitative estimate of drug-likeness (QED) is 0.770. The zero-order valence-corrected chi connectivity index (χ0v) is 9.56. The van der Waals surface area contributed by atoms with Crippen molar-refractivity contribution in [2.24, 2.45) is 5.73 Å². The van der Waals surface area contributed by atoms with Crippen LogP contribution >= 0.6 is 0 Å². The number of nitrogens with two attached hydrogens (primary N) is 1. The molecule has 0 spiro atoms. The van der Waals surface area contributed by atoms with Gasteiger partial charge in [-0.3, -0.25) is 4.79 Å². The first kappa shape index (κ1) is 12.6. The molecule has 1 heterocycles. The summed E-state index contributed by atoms with van der Waals surface area (Å²) in [4.78, 5) is 15.7. The molecule has 0 aliphatic carbocycles. The smallest absolute Gasteiger partial charge is 0.228 e. The molecule has 0 fully saturated rings. The third kappa shape index (κ3) is 3.60. The summed E-state index contributed by atoms with van der Waals surface area (Å²) in [5.41, 5.74) is 6.36. The Labute approximate surface area is 95.0 Å². The van der Waals surface area contributed by atoms with Crippen LogP contribution in [0, 0.1) is 6.92 Å². The van der Waals surface area contributed by atoms with Gasteiger partial charge in [-0.1, -0.05) is 6.07 Å². The molecule has 0 aliphatic rings. The summed E-state index contributed by atoms with van der Waals surface area (Å²) in [5, 5.41) is 2.72. The van der Waals surface area contributed by atoms with Crippen molar-refractivity contribution >= 4 is 11.7 Å². The SMILES string of the molecule is COC(CN)CC(=O)Nc1ncccc1C. The Morgan fingerprint density at radius 3 is 3.00 bits per heavy atom. The highest BCUT2D eigenvalue weighted by Gasteiger charge is 2.12. The predicted octanol–water partition coefficient (Wildman–Crippen LogP) is 0.692. The fourth-order valence-electron chi connectivity index (χ4n) is 1.27. The molecule has 1 unspecified atom stereocenters. The standard InChI is InChI=1S/C11H17N3O2/c1-8-4-3-5-13-11(8)14-10(15)6-9(7-12)16-2/h3-5,9H,6-7,12H2,1-2H3,(H,13,14,15). The van der Waals surface area contributed by atoms with E-state index in [9.17, 15) is 4.79 Å². The van der Waals surface area contributed by atoms with Crippen molar-refractivity contribution in [1.29, 1.82) is 0 Å². The second kappa shape index (κ2) is 6.19. The number of methoxy groups -OCH3 is 1. The summed E-state index contributed by atoms with van der Waals surface area (Å²) in [6.45, 7) is 2.21. The molecule has 1 aromatic heterocycles. The largest absolute Gasteiger partial charge is 0.380 e. The van der Waals surface area contributed by atoms with E-state index in [1.807, 2.05) is 19.1 Å². The first-order valence-electron chi connectivity index (χ1n) is 5.11. The molecule has 88 valence electrons. The third-order valence-corrected chi connectivity index (χ3v) is 2.28. The molecule has 1 aromatic rings. The van der Waals surface area contributed by atoms with Gasteiger partial charge in [-0.05, 0) is 18.6 Å². The van der Waals surface area contributed by atoms with Crippen LogP contribution in [0.25, 0.3) is 0 Å². The first-order valence-corrected chi connectivity index (χ1v) is 5.11. The number of anilines is 1. The molecule has 1 rings (SSSR count). The van der Waals surface area contributed by atoms with Crippen molar-refractivity contribution in [1.82, 2.24) is 4.98 Å². The number of carbonyl (C=O) groups is 1.